The molecule has 0 saturated carbocycles. The van der Waals surface area contributed by atoms with E-state index >= 15 is 0 Å². The lowest BCUT2D eigenvalue weighted by Gasteiger charge is -2.14. The lowest BCUT2D eigenvalue weighted by molar-refractivity contribution is -0.130. The van der Waals surface area contributed by atoms with E-state index in [1.165, 1.54) is 11.9 Å². The van der Waals surface area contributed by atoms with E-state index in [2.05, 4.69) is 5.32 Å². The summed E-state index contributed by atoms with van der Waals surface area (Å²) in [6.45, 7) is 4.36. The highest BCUT2D eigenvalue weighted by atomic mass is 16.2. The van der Waals surface area contributed by atoms with Gasteiger partial charge < -0.3 is 10.2 Å². The van der Waals surface area contributed by atoms with Crippen LogP contribution in [0.5, 0.6) is 0 Å². The summed E-state index contributed by atoms with van der Waals surface area (Å²) in [5, 5.41) is 2.66. The van der Waals surface area contributed by atoms with Gasteiger partial charge in [0.25, 0.3) is 5.91 Å². The third kappa shape index (κ3) is 2.95. The molecule has 0 aliphatic carbocycles. The number of nitrogens with one attached hydrogen (secondary N) is 1. The molecule has 0 radical (unpaired) electrons. The molecule has 0 aromatic heterocycles. The molecule has 0 bridgehead atoms. The molecule has 6 heteroatoms. The lowest BCUT2D eigenvalue weighted by Crippen LogP contribution is -2.41. The van der Waals surface area contributed by atoms with E-state index in [9.17, 15) is 14.4 Å². The molecule has 1 aliphatic rings. The van der Waals surface area contributed by atoms with Gasteiger partial charge in [0.1, 0.15) is 13.1 Å². The van der Waals surface area contributed by atoms with Gasteiger partial charge in [0.2, 0.25) is 5.91 Å². The number of rotatable bonds is 4. The standard InChI is InChI=1S/C10H17N3O3/c1-7(2)4-11-8(14)5-13-9(15)6-12(3)10(13)16/h7H,4-6H2,1-3H3,(H,11,14). The van der Waals surface area contributed by atoms with Crippen LogP contribution in [0.15, 0.2) is 0 Å². The number of hydrogen-bond acceptors (Lipinski definition) is 3. The van der Waals surface area contributed by atoms with Crippen LogP contribution in [-0.2, 0) is 9.59 Å². The third-order valence-corrected chi connectivity index (χ3v) is 2.24. The van der Waals surface area contributed by atoms with Gasteiger partial charge in [-0.25, -0.2) is 4.79 Å². The van der Waals surface area contributed by atoms with Crippen LogP contribution in [0.4, 0.5) is 4.79 Å². The van der Waals surface area contributed by atoms with Gasteiger partial charge in [-0.1, -0.05) is 13.8 Å². The van der Waals surface area contributed by atoms with Crippen molar-refractivity contribution >= 4 is 17.8 Å². The molecule has 1 fully saturated rings. The zero-order chi connectivity index (χ0) is 12.3. The molecule has 1 heterocycles. The van der Waals surface area contributed by atoms with Gasteiger partial charge >= 0.3 is 6.03 Å². The van der Waals surface area contributed by atoms with E-state index in [4.69, 9.17) is 0 Å². The molecule has 0 aromatic rings. The van der Waals surface area contributed by atoms with Crippen molar-refractivity contribution in [2.75, 3.05) is 26.7 Å². The van der Waals surface area contributed by atoms with Crippen molar-refractivity contribution in [2.24, 2.45) is 5.92 Å². The van der Waals surface area contributed by atoms with Gasteiger partial charge in [-0.2, -0.15) is 0 Å². The molecule has 0 aromatic carbocycles. The topological polar surface area (TPSA) is 69.7 Å². The van der Waals surface area contributed by atoms with E-state index < -0.39 is 6.03 Å². The van der Waals surface area contributed by atoms with Crippen molar-refractivity contribution in [3.63, 3.8) is 0 Å². The second kappa shape index (κ2) is 4.96. The van der Waals surface area contributed by atoms with Crippen LogP contribution in [0, 0.1) is 5.92 Å². The van der Waals surface area contributed by atoms with Crippen molar-refractivity contribution < 1.29 is 14.4 Å². The van der Waals surface area contributed by atoms with Gasteiger partial charge in [-0.05, 0) is 5.92 Å². The maximum atomic E-state index is 11.4. The predicted octanol–water partition coefficient (Wildman–Crippen LogP) is -0.347. The summed E-state index contributed by atoms with van der Waals surface area (Å²) in [6, 6.07) is -0.412. The molecule has 16 heavy (non-hydrogen) atoms. The minimum absolute atomic E-state index is 0.0519. The molecular formula is C10H17N3O3. The monoisotopic (exact) mass is 227 g/mol. The Morgan fingerprint density at radius 3 is 2.50 bits per heavy atom. The molecule has 90 valence electrons. The SMILES string of the molecule is CC(C)CNC(=O)CN1C(=O)CN(C)C1=O. The summed E-state index contributed by atoms with van der Waals surface area (Å²) in [4.78, 5) is 36.5. The Hall–Kier alpha value is -1.59. The van der Waals surface area contributed by atoms with Crippen LogP contribution in [0.25, 0.3) is 0 Å². The maximum absolute atomic E-state index is 11.4. The summed E-state index contributed by atoms with van der Waals surface area (Å²) in [7, 11) is 1.53. The van der Waals surface area contributed by atoms with Crippen LogP contribution >= 0.6 is 0 Å². The number of urea groups is 1. The highest BCUT2D eigenvalue weighted by molar-refractivity contribution is 6.04. The first-order chi connectivity index (χ1) is 7.41. The molecule has 1 N–H and O–H groups in total. The van der Waals surface area contributed by atoms with E-state index in [1.54, 1.807) is 0 Å². The Kier molecular flexibility index (Phi) is 3.87. The molecule has 1 rings (SSSR count). The predicted molar refractivity (Wildman–Crippen MR) is 57.6 cm³/mol. The Labute approximate surface area is 94.6 Å². The zero-order valence-electron chi connectivity index (χ0n) is 9.82. The van der Waals surface area contributed by atoms with Crippen LogP contribution in [-0.4, -0.2) is 54.3 Å². The molecule has 0 atom stereocenters. The average molecular weight is 227 g/mol. The van der Waals surface area contributed by atoms with E-state index in [0.717, 1.165) is 4.90 Å². The molecule has 1 saturated heterocycles. The summed E-state index contributed by atoms with van der Waals surface area (Å²) < 4.78 is 0. The fourth-order valence-corrected chi connectivity index (χ4v) is 1.34. The summed E-state index contributed by atoms with van der Waals surface area (Å²) >= 11 is 0. The molecule has 0 unspecified atom stereocenters. The smallest absolute Gasteiger partial charge is 0.327 e. The van der Waals surface area contributed by atoms with Gasteiger partial charge in [0.05, 0.1) is 0 Å². The first-order valence-electron chi connectivity index (χ1n) is 5.24. The van der Waals surface area contributed by atoms with Crippen molar-refractivity contribution in [3.8, 4) is 0 Å². The lowest BCUT2D eigenvalue weighted by atomic mass is 10.2. The third-order valence-electron chi connectivity index (χ3n) is 2.24. The van der Waals surface area contributed by atoms with Crippen molar-refractivity contribution in [1.29, 1.82) is 0 Å². The Morgan fingerprint density at radius 1 is 1.44 bits per heavy atom. The minimum atomic E-state index is -0.412. The van der Waals surface area contributed by atoms with E-state index in [-0.39, 0.29) is 24.9 Å². The number of hydrogen-bond donors (Lipinski definition) is 1. The van der Waals surface area contributed by atoms with Gasteiger partial charge in [-0.15, -0.1) is 0 Å². The minimum Gasteiger partial charge on any atom is -0.354 e. The van der Waals surface area contributed by atoms with Crippen LogP contribution in [0.1, 0.15) is 13.8 Å². The number of likely N-dealkylation sites (N-methyl/N-ethyl adjacent to an activating group) is 1. The maximum Gasteiger partial charge on any atom is 0.327 e. The Morgan fingerprint density at radius 2 is 2.06 bits per heavy atom. The molecular weight excluding hydrogens is 210 g/mol. The largest absolute Gasteiger partial charge is 0.354 e. The average Bonchev–Trinajstić information content (AvgIpc) is 2.42. The number of carbonyl (C=O) groups excluding carboxylic acids is 3. The van der Waals surface area contributed by atoms with Gasteiger partial charge in [0.15, 0.2) is 0 Å². The van der Waals surface area contributed by atoms with Crippen molar-refractivity contribution in [3.05, 3.63) is 0 Å². The first kappa shape index (κ1) is 12.5. The number of carbonyl (C=O) groups is 3. The van der Waals surface area contributed by atoms with Gasteiger partial charge in [-0.3, -0.25) is 14.5 Å². The van der Waals surface area contributed by atoms with E-state index in [1.807, 2.05) is 13.8 Å². The number of nitrogens with zero attached hydrogens (tertiary/aromatic N) is 2. The molecule has 6 nitrogen and oxygen atoms in total. The second-order valence-corrected chi connectivity index (χ2v) is 4.32. The van der Waals surface area contributed by atoms with Crippen LogP contribution in [0.3, 0.4) is 0 Å². The van der Waals surface area contributed by atoms with Crippen molar-refractivity contribution in [1.82, 2.24) is 15.1 Å². The quantitative estimate of drug-likeness (QED) is 0.667. The second-order valence-electron chi connectivity index (χ2n) is 4.32. The highest BCUT2D eigenvalue weighted by Crippen LogP contribution is 2.06. The zero-order valence-corrected chi connectivity index (χ0v) is 9.82. The summed E-state index contributed by atoms with van der Waals surface area (Å²) in [5.74, 6) is -0.283. The number of amides is 4. The fourth-order valence-electron chi connectivity index (χ4n) is 1.34. The summed E-state index contributed by atoms with van der Waals surface area (Å²) in [5.41, 5.74) is 0. The molecule has 1 aliphatic heterocycles. The Bertz CT molecular complexity index is 314. The van der Waals surface area contributed by atoms with Crippen LogP contribution < -0.4 is 5.32 Å². The Balaban J connectivity index is 2.45. The van der Waals surface area contributed by atoms with Crippen LogP contribution in [0.2, 0.25) is 0 Å². The normalized spacial score (nSPS) is 16.2. The number of imide groups is 1. The van der Waals surface area contributed by atoms with Gasteiger partial charge in [0, 0.05) is 13.6 Å². The van der Waals surface area contributed by atoms with Crippen molar-refractivity contribution in [2.45, 2.75) is 13.8 Å². The van der Waals surface area contributed by atoms with E-state index in [0.29, 0.717) is 12.5 Å². The molecule has 4 amide bonds. The first-order valence-corrected chi connectivity index (χ1v) is 5.24. The fraction of sp³-hybridized carbons (Fsp3) is 0.700. The summed E-state index contributed by atoms with van der Waals surface area (Å²) in [6.07, 6.45) is 0. The molecule has 0 spiro atoms. The highest BCUT2D eigenvalue weighted by Gasteiger charge is 2.34.